The largest absolute Gasteiger partial charge is 0.328 e. The smallest absolute Gasteiger partial charge is 0.322 e. The number of hydrogen-bond donors (Lipinski definition) is 2. The molecule has 1 amide bonds. The number of carbonyl (C=O) groups is 1. The number of aromatic nitrogens is 2. The Kier molecular flexibility index (Phi) is 5.36. The number of hydrogen-bond acceptors (Lipinski definition) is 3. The Labute approximate surface area is 161 Å². The highest BCUT2D eigenvalue weighted by molar-refractivity contribution is 9.10. The number of benzene rings is 2. The first kappa shape index (κ1) is 18.8. The summed E-state index contributed by atoms with van der Waals surface area (Å²) in [7, 11) is 0. The lowest BCUT2D eigenvalue weighted by molar-refractivity contribution is 0.102. The van der Waals surface area contributed by atoms with E-state index in [2.05, 4.69) is 26.2 Å². The topological polar surface area (TPSA) is 84.0 Å². The SMILES string of the molecule is Cc1cc(Br)ccc1NC(=O)c1c[nH]c(=O)n(Cc2ccccc2F)c1=O. The van der Waals surface area contributed by atoms with Crippen molar-refractivity contribution in [1.29, 1.82) is 0 Å². The van der Waals surface area contributed by atoms with Crippen molar-refractivity contribution in [1.82, 2.24) is 9.55 Å². The van der Waals surface area contributed by atoms with Gasteiger partial charge in [0.1, 0.15) is 11.4 Å². The van der Waals surface area contributed by atoms with Crippen molar-refractivity contribution >= 4 is 27.5 Å². The van der Waals surface area contributed by atoms with Gasteiger partial charge in [-0.15, -0.1) is 0 Å². The van der Waals surface area contributed by atoms with Crippen LogP contribution < -0.4 is 16.6 Å². The maximum atomic E-state index is 13.9. The van der Waals surface area contributed by atoms with Crippen molar-refractivity contribution in [3.05, 3.63) is 96.5 Å². The Morgan fingerprint density at radius 3 is 2.67 bits per heavy atom. The monoisotopic (exact) mass is 431 g/mol. The lowest BCUT2D eigenvalue weighted by atomic mass is 10.2. The highest BCUT2D eigenvalue weighted by Crippen LogP contribution is 2.20. The predicted octanol–water partition coefficient (Wildman–Crippen LogP) is 3.05. The third-order valence-electron chi connectivity index (χ3n) is 4.03. The minimum atomic E-state index is -0.797. The van der Waals surface area contributed by atoms with Crippen LogP contribution in [0.1, 0.15) is 21.5 Å². The van der Waals surface area contributed by atoms with Crippen LogP contribution in [0.2, 0.25) is 0 Å². The van der Waals surface area contributed by atoms with Gasteiger partial charge < -0.3 is 10.3 Å². The fraction of sp³-hybridized carbons (Fsp3) is 0.105. The average molecular weight is 432 g/mol. The van der Waals surface area contributed by atoms with Crippen molar-refractivity contribution in [3.8, 4) is 0 Å². The summed E-state index contributed by atoms with van der Waals surface area (Å²) >= 11 is 3.34. The summed E-state index contributed by atoms with van der Waals surface area (Å²) in [6.45, 7) is 1.53. The second kappa shape index (κ2) is 7.71. The molecule has 0 bridgehead atoms. The quantitative estimate of drug-likeness (QED) is 0.665. The summed E-state index contributed by atoms with van der Waals surface area (Å²) in [5.74, 6) is -1.20. The zero-order valence-corrected chi connectivity index (χ0v) is 15.8. The molecule has 8 heteroatoms. The maximum Gasteiger partial charge on any atom is 0.328 e. The first-order chi connectivity index (χ1) is 12.9. The fourth-order valence-electron chi connectivity index (χ4n) is 2.57. The van der Waals surface area contributed by atoms with Crippen LogP contribution in [0.3, 0.4) is 0 Å². The van der Waals surface area contributed by atoms with E-state index in [9.17, 15) is 18.8 Å². The highest BCUT2D eigenvalue weighted by Gasteiger charge is 2.16. The van der Waals surface area contributed by atoms with E-state index in [1.54, 1.807) is 18.2 Å². The van der Waals surface area contributed by atoms with Gasteiger partial charge in [-0.3, -0.25) is 14.2 Å². The van der Waals surface area contributed by atoms with Crippen LogP contribution in [0.5, 0.6) is 0 Å². The number of H-pyrrole nitrogens is 1. The Morgan fingerprint density at radius 2 is 1.96 bits per heavy atom. The molecule has 3 aromatic rings. The minimum absolute atomic E-state index is 0.173. The summed E-state index contributed by atoms with van der Waals surface area (Å²) in [5, 5.41) is 2.65. The number of carbonyl (C=O) groups excluding carboxylic acids is 1. The standard InChI is InChI=1S/C19H15BrFN3O3/c1-11-8-13(20)6-7-16(11)23-17(25)14-9-22-19(27)24(18(14)26)10-12-4-2-3-5-15(12)21/h2-9H,10H2,1H3,(H,22,27)(H,23,25). The van der Waals surface area contributed by atoms with Crippen LogP contribution in [0, 0.1) is 12.7 Å². The number of aromatic amines is 1. The zero-order valence-electron chi connectivity index (χ0n) is 14.3. The molecule has 0 aliphatic heterocycles. The third-order valence-corrected chi connectivity index (χ3v) is 4.52. The number of anilines is 1. The normalized spacial score (nSPS) is 10.6. The number of aryl methyl sites for hydroxylation is 1. The van der Waals surface area contributed by atoms with Gasteiger partial charge in [0, 0.05) is 21.9 Å². The molecular weight excluding hydrogens is 417 g/mol. The van der Waals surface area contributed by atoms with E-state index < -0.39 is 23.0 Å². The van der Waals surface area contributed by atoms with Crippen LogP contribution in [-0.2, 0) is 6.54 Å². The number of nitrogens with one attached hydrogen (secondary N) is 2. The molecule has 0 aliphatic carbocycles. The van der Waals surface area contributed by atoms with E-state index in [4.69, 9.17) is 0 Å². The summed E-state index contributed by atoms with van der Waals surface area (Å²) in [5.41, 5.74) is -0.253. The van der Waals surface area contributed by atoms with Crippen LogP contribution in [-0.4, -0.2) is 15.5 Å². The fourth-order valence-corrected chi connectivity index (χ4v) is 3.05. The third kappa shape index (κ3) is 4.06. The van der Waals surface area contributed by atoms with Gasteiger partial charge in [-0.05, 0) is 36.8 Å². The summed E-state index contributed by atoms with van der Waals surface area (Å²) in [6.07, 6.45) is 1.06. The summed E-state index contributed by atoms with van der Waals surface area (Å²) in [6, 6.07) is 11.1. The Hall–Kier alpha value is -3.00. The van der Waals surface area contributed by atoms with Gasteiger partial charge in [-0.1, -0.05) is 34.1 Å². The van der Waals surface area contributed by atoms with E-state index in [0.29, 0.717) is 5.69 Å². The Morgan fingerprint density at radius 1 is 1.22 bits per heavy atom. The van der Waals surface area contributed by atoms with Crippen molar-refractivity contribution < 1.29 is 9.18 Å². The number of amides is 1. The van der Waals surface area contributed by atoms with E-state index in [0.717, 1.165) is 20.8 Å². The van der Waals surface area contributed by atoms with Gasteiger partial charge in [-0.25, -0.2) is 9.18 Å². The van der Waals surface area contributed by atoms with Crippen LogP contribution in [0.25, 0.3) is 0 Å². The summed E-state index contributed by atoms with van der Waals surface area (Å²) < 4.78 is 15.5. The summed E-state index contributed by atoms with van der Waals surface area (Å²) in [4.78, 5) is 39.5. The molecule has 0 spiro atoms. The van der Waals surface area contributed by atoms with E-state index in [1.165, 1.54) is 18.2 Å². The van der Waals surface area contributed by atoms with E-state index in [-0.39, 0.29) is 17.7 Å². The molecule has 6 nitrogen and oxygen atoms in total. The van der Waals surface area contributed by atoms with Crippen molar-refractivity contribution in [2.45, 2.75) is 13.5 Å². The molecule has 1 aromatic heterocycles. The molecule has 27 heavy (non-hydrogen) atoms. The highest BCUT2D eigenvalue weighted by atomic mass is 79.9. The number of rotatable bonds is 4. The van der Waals surface area contributed by atoms with Crippen molar-refractivity contribution in [2.75, 3.05) is 5.32 Å². The zero-order chi connectivity index (χ0) is 19.6. The molecule has 0 unspecified atom stereocenters. The second-order valence-corrected chi connectivity index (χ2v) is 6.82. The molecule has 0 saturated heterocycles. The van der Waals surface area contributed by atoms with Crippen LogP contribution in [0.4, 0.5) is 10.1 Å². The Balaban J connectivity index is 1.95. The first-order valence-electron chi connectivity index (χ1n) is 8.00. The van der Waals surface area contributed by atoms with Gasteiger partial charge >= 0.3 is 5.69 Å². The minimum Gasteiger partial charge on any atom is -0.322 e. The molecule has 2 N–H and O–H groups in total. The van der Waals surface area contributed by atoms with Crippen LogP contribution in [0.15, 0.2) is 62.7 Å². The van der Waals surface area contributed by atoms with Gasteiger partial charge in [0.05, 0.1) is 6.54 Å². The molecule has 1 heterocycles. The number of nitrogens with zero attached hydrogens (tertiary/aromatic N) is 1. The van der Waals surface area contributed by atoms with E-state index >= 15 is 0 Å². The molecule has 0 aliphatic rings. The van der Waals surface area contributed by atoms with Gasteiger partial charge in [0.25, 0.3) is 11.5 Å². The second-order valence-electron chi connectivity index (χ2n) is 5.90. The molecular formula is C19H15BrFN3O3. The molecule has 0 fully saturated rings. The first-order valence-corrected chi connectivity index (χ1v) is 8.79. The lowest BCUT2D eigenvalue weighted by Crippen LogP contribution is -2.39. The molecule has 2 aromatic carbocycles. The molecule has 0 saturated carbocycles. The van der Waals surface area contributed by atoms with E-state index in [1.807, 2.05) is 13.0 Å². The van der Waals surface area contributed by atoms with Crippen molar-refractivity contribution in [2.24, 2.45) is 0 Å². The van der Waals surface area contributed by atoms with Gasteiger partial charge in [0.15, 0.2) is 0 Å². The van der Waals surface area contributed by atoms with Crippen LogP contribution >= 0.6 is 15.9 Å². The average Bonchev–Trinajstić information content (AvgIpc) is 2.62. The molecule has 0 atom stereocenters. The maximum absolute atomic E-state index is 13.9. The molecule has 3 rings (SSSR count). The number of halogens is 2. The molecule has 0 radical (unpaired) electrons. The van der Waals surface area contributed by atoms with Gasteiger partial charge in [-0.2, -0.15) is 0 Å². The van der Waals surface area contributed by atoms with Gasteiger partial charge in [0.2, 0.25) is 0 Å². The predicted molar refractivity (Wildman–Crippen MR) is 104 cm³/mol. The molecule has 138 valence electrons. The lowest BCUT2D eigenvalue weighted by Gasteiger charge is -2.10. The Bertz CT molecular complexity index is 1140. The van der Waals surface area contributed by atoms with Crippen molar-refractivity contribution in [3.63, 3.8) is 0 Å².